The molecule has 2 fully saturated rings. The van der Waals surface area contributed by atoms with E-state index in [1.165, 1.54) is 0 Å². The highest BCUT2D eigenvalue weighted by Crippen LogP contribution is 2.49. The number of amides is 1. The Hall–Kier alpha value is -2.21. The topological polar surface area (TPSA) is 68.5 Å². The summed E-state index contributed by atoms with van der Waals surface area (Å²) in [4.78, 5) is 14.9. The van der Waals surface area contributed by atoms with Crippen molar-refractivity contribution in [2.45, 2.75) is 44.9 Å². The molecule has 6 nitrogen and oxygen atoms in total. The maximum absolute atomic E-state index is 13.0. The van der Waals surface area contributed by atoms with Gasteiger partial charge in [0.2, 0.25) is 17.7 Å². The van der Waals surface area contributed by atoms with E-state index < -0.39 is 0 Å². The molecule has 2 aliphatic rings. The molecule has 0 saturated carbocycles. The number of carbonyl (C=O) groups is 1. The number of nitrogens with zero attached hydrogens (tertiary/aromatic N) is 3. The third kappa shape index (κ3) is 3.63. The van der Waals surface area contributed by atoms with Crippen LogP contribution in [0, 0.1) is 5.41 Å². The van der Waals surface area contributed by atoms with Crippen LogP contribution in [0.15, 0.2) is 34.7 Å². The summed E-state index contributed by atoms with van der Waals surface area (Å²) in [5.41, 5.74) is 1.03. The number of carbonyl (C=O) groups excluding carboxylic acids is 1. The van der Waals surface area contributed by atoms with Gasteiger partial charge >= 0.3 is 0 Å². The molecule has 0 bridgehead atoms. The average molecular weight is 369 g/mol. The third-order valence-corrected chi connectivity index (χ3v) is 5.94. The summed E-state index contributed by atoms with van der Waals surface area (Å²) in [5, 5.41) is 8.58. The minimum absolute atomic E-state index is 0.0224. The van der Waals surface area contributed by atoms with Crippen LogP contribution < -0.4 is 0 Å². The van der Waals surface area contributed by atoms with Crippen LogP contribution in [-0.4, -0.2) is 47.3 Å². The summed E-state index contributed by atoms with van der Waals surface area (Å²) in [6.07, 6.45) is 2.28. The molecule has 4 rings (SSSR count). The normalized spacial score (nSPS) is 21.9. The molecule has 1 atom stereocenters. The fraction of sp³-hybridized carbons (Fsp3) is 0.571. The highest BCUT2D eigenvalue weighted by atomic mass is 16.5. The van der Waals surface area contributed by atoms with Crippen LogP contribution in [0.25, 0.3) is 0 Å². The summed E-state index contributed by atoms with van der Waals surface area (Å²) in [6, 6.07) is 9.92. The van der Waals surface area contributed by atoms with Crippen molar-refractivity contribution in [1.82, 2.24) is 15.1 Å². The van der Waals surface area contributed by atoms with Crippen LogP contribution in [0.5, 0.6) is 0 Å². The number of aromatic nitrogens is 2. The number of ether oxygens (including phenoxy) is 1. The van der Waals surface area contributed by atoms with Gasteiger partial charge in [0.05, 0.1) is 12.3 Å². The van der Waals surface area contributed by atoms with Gasteiger partial charge in [0.15, 0.2) is 0 Å². The van der Waals surface area contributed by atoms with Crippen LogP contribution in [0.4, 0.5) is 0 Å². The van der Waals surface area contributed by atoms with Crippen molar-refractivity contribution < 1.29 is 13.9 Å². The van der Waals surface area contributed by atoms with E-state index >= 15 is 0 Å². The number of hydrogen-bond acceptors (Lipinski definition) is 5. The van der Waals surface area contributed by atoms with E-state index in [9.17, 15) is 4.79 Å². The Bertz CT molecular complexity index is 781. The lowest BCUT2D eigenvalue weighted by atomic mass is 9.72. The number of benzene rings is 1. The second-order valence-corrected chi connectivity index (χ2v) is 8.10. The molecule has 6 heteroatoms. The molecule has 1 unspecified atom stereocenters. The fourth-order valence-electron chi connectivity index (χ4n) is 4.29. The maximum Gasteiger partial charge on any atom is 0.227 e. The van der Waals surface area contributed by atoms with Gasteiger partial charge in [-0.2, -0.15) is 0 Å². The quantitative estimate of drug-likeness (QED) is 0.828. The molecule has 144 valence electrons. The zero-order valence-electron chi connectivity index (χ0n) is 16.1. The number of rotatable bonds is 4. The Morgan fingerprint density at radius 1 is 1.22 bits per heavy atom. The minimum atomic E-state index is -0.0224. The average Bonchev–Trinajstić information content (AvgIpc) is 3.29. The maximum atomic E-state index is 13.0. The van der Waals surface area contributed by atoms with Crippen molar-refractivity contribution >= 4 is 5.91 Å². The molecule has 2 saturated heterocycles. The number of likely N-dealkylation sites (tertiary alicyclic amines) is 1. The van der Waals surface area contributed by atoms with Gasteiger partial charge in [0.1, 0.15) is 0 Å². The van der Waals surface area contributed by atoms with Crippen LogP contribution in [0.1, 0.15) is 55.9 Å². The van der Waals surface area contributed by atoms with Gasteiger partial charge in [-0.25, -0.2) is 0 Å². The number of hydrogen-bond donors (Lipinski definition) is 0. The van der Waals surface area contributed by atoms with Crippen molar-refractivity contribution in [2.75, 3.05) is 26.3 Å². The summed E-state index contributed by atoms with van der Waals surface area (Å²) in [7, 11) is 0. The molecule has 3 heterocycles. The lowest BCUT2D eigenvalue weighted by molar-refractivity contribution is -0.130. The Labute approximate surface area is 159 Å². The van der Waals surface area contributed by atoms with E-state index in [4.69, 9.17) is 9.15 Å². The molecule has 2 aromatic rings. The van der Waals surface area contributed by atoms with Gasteiger partial charge in [-0.15, -0.1) is 10.2 Å². The van der Waals surface area contributed by atoms with Gasteiger partial charge < -0.3 is 14.1 Å². The lowest BCUT2D eigenvalue weighted by Gasteiger charge is -2.36. The smallest absolute Gasteiger partial charge is 0.227 e. The molecule has 1 aromatic heterocycles. The van der Waals surface area contributed by atoms with E-state index in [0.29, 0.717) is 24.7 Å². The van der Waals surface area contributed by atoms with Crippen molar-refractivity contribution in [2.24, 2.45) is 5.41 Å². The van der Waals surface area contributed by atoms with Gasteiger partial charge in [0, 0.05) is 37.6 Å². The summed E-state index contributed by atoms with van der Waals surface area (Å²) < 4.78 is 11.6. The van der Waals surface area contributed by atoms with Crippen LogP contribution in [0.3, 0.4) is 0 Å². The van der Waals surface area contributed by atoms with Crippen molar-refractivity contribution in [1.29, 1.82) is 0 Å². The van der Waals surface area contributed by atoms with Gasteiger partial charge in [-0.1, -0.05) is 44.2 Å². The molecule has 1 aromatic carbocycles. The zero-order chi connectivity index (χ0) is 18.9. The highest BCUT2D eigenvalue weighted by molar-refractivity contribution is 5.79. The van der Waals surface area contributed by atoms with Crippen molar-refractivity contribution in [3.63, 3.8) is 0 Å². The van der Waals surface area contributed by atoms with E-state index in [1.807, 2.05) is 49.1 Å². The van der Waals surface area contributed by atoms with Gasteiger partial charge in [0.25, 0.3) is 0 Å². The van der Waals surface area contributed by atoms with E-state index in [0.717, 1.165) is 38.2 Å². The zero-order valence-corrected chi connectivity index (χ0v) is 16.1. The third-order valence-electron chi connectivity index (χ3n) is 5.94. The predicted molar refractivity (Wildman–Crippen MR) is 100 cm³/mol. The van der Waals surface area contributed by atoms with Crippen LogP contribution >= 0.6 is 0 Å². The Morgan fingerprint density at radius 2 is 1.96 bits per heavy atom. The SMILES string of the molecule is CC(C)c1nnc(C2CN(C(=O)Cc3ccccc3)CC23CCOCC3)o1. The van der Waals surface area contributed by atoms with Crippen LogP contribution in [0.2, 0.25) is 0 Å². The van der Waals surface area contributed by atoms with E-state index in [1.54, 1.807) is 0 Å². The Kier molecular flexibility index (Phi) is 5.00. The van der Waals surface area contributed by atoms with Crippen LogP contribution in [-0.2, 0) is 16.0 Å². The van der Waals surface area contributed by atoms with E-state index in [-0.39, 0.29) is 23.2 Å². The molecular weight excluding hydrogens is 342 g/mol. The first-order valence-electron chi connectivity index (χ1n) is 9.80. The molecule has 1 amide bonds. The molecule has 0 N–H and O–H groups in total. The summed E-state index contributed by atoms with van der Waals surface area (Å²) in [5.74, 6) is 1.80. The first kappa shape index (κ1) is 18.2. The summed E-state index contributed by atoms with van der Waals surface area (Å²) >= 11 is 0. The summed E-state index contributed by atoms with van der Waals surface area (Å²) in [6.45, 7) is 6.93. The molecule has 1 spiro atoms. The van der Waals surface area contributed by atoms with Gasteiger partial charge in [-0.05, 0) is 18.4 Å². The lowest BCUT2D eigenvalue weighted by Crippen LogP contribution is -2.37. The second-order valence-electron chi connectivity index (χ2n) is 8.10. The van der Waals surface area contributed by atoms with Gasteiger partial charge in [-0.3, -0.25) is 4.79 Å². The molecule has 27 heavy (non-hydrogen) atoms. The Balaban J connectivity index is 1.56. The fourth-order valence-corrected chi connectivity index (χ4v) is 4.29. The van der Waals surface area contributed by atoms with Crippen molar-refractivity contribution in [3.8, 4) is 0 Å². The monoisotopic (exact) mass is 369 g/mol. The second kappa shape index (κ2) is 7.43. The van der Waals surface area contributed by atoms with Crippen molar-refractivity contribution in [3.05, 3.63) is 47.7 Å². The highest BCUT2D eigenvalue weighted by Gasteiger charge is 2.51. The molecule has 2 aliphatic heterocycles. The van der Waals surface area contributed by atoms with E-state index in [2.05, 4.69) is 10.2 Å². The predicted octanol–water partition coefficient (Wildman–Crippen LogP) is 3.16. The minimum Gasteiger partial charge on any atom is -0.425 e. The molecule has 0 aliphatic carbocycles. The first-order chi connectivity index (χ1) is 13.1. The Morgan fingerprint density at radius 3 is 2.63 bits per heavy atom. The molecular formula is C21H27N3O3. The standard InChI is InChI=1S/C21H27N3O3/c1-15(2)19-22-23-20(27-19)17-13-24(14-21(17)8-10-26-11-9-21)18(25)12-16-6-4-3-5-7-16/h3-7,15,17H,8-14H2,1-2H3. The first-order valence-corrected chi connectivity index (χ1v) is 9.80. The largest absolute Gasteiger partial charge is 0.425 e. The molecule has 0 radical (unpaired) electrons.